The summed E-state index contributed by atoms with van der Waals surface area (Å²) in [4.78, 5) is 23.0. The van der Waals surface area contributed by atoms with Gasteiger partial charge in [0, 0.05) is 30.9 Å². The summed E-state index contributed by atoms with van der Waals surface area (Å²) in [5.74, 6) is 2.01. The Morgan fingerprint density at radius 1 is 1.29 bits per heavy atom. The third kappa shape index (κ3) is 2.71. The molecule has 0 aliphatic carbocycles. The summed E-state index contributed by atoms with van der Waals surface area (Å²) < 4.78 is 10.9. The molecule has 24 heavy (non-hydrogen) atoms. The number of carbonyl (C=O) groups is 1. The van der Waals surface area contributed by atoms with Gasteiger partial charge in [0.05, 0.1) is 18.4 Å². The molecule has 4 heterocycles. The van der Waals surface area contributed by atoms with Crippen LogP contribution < -0.4 is 0 Å². The molecule has 0 radical (unpaired) electrons. The van der Waals surface area contributed by atoms with Crippen molar-refractivity contribution in [3.05, 3.63) is 59.9 Å². The molecule has 0 aromatic carbocycles. The minimum atomic E-state index is 0.0598. The largest absolute Gasteiger partial charge is 0.459 e. The van der Waals surface area contributed by atoms with Gasteiger partial charge in [-0.3, -0.25) is 9.78 Å². The molecule has 3 aromatic heterocycles. The van der Waals surface area contributed by atoms with Gasteiger partial charge in [-0.05, 0) is 31.2 Å². The number of rotatable bonds is 4. The highest BCUT2D eigenvalue weighted by molar-refractivity contribution is 5.79. The molecule has 1 aliphatic rings. The number of carbonyl (C=O) groups excluding carboxylic acids is 1. The van der Waals surface area contributed by atoms with Crippen LogP contribution in [0.3, 0.4) is 0 Å². The van der Waals surface area contributed by atoms with Gasteiger partial charge in [-0.1, -0.05) is 6.07 Å². The fourth-order valence-corrected chi connectivity index (χ4v) is 2.84. The summed E-state index contributed by atoms with van der Waals surface area (Å²) in [6, 6.07) is 9.43. The lowest BCUT2D eigenvalue weighted by Gasteiger charge is -2.38. The molecule has 0 saturated carbocycles. The Morgan fingerprint density at radius 3 is 2.88 bits per heavy atom. The number of hydrogen-bond donors (Lipinski definition) is 0. The molecule has 4 rings (SSSR count). The SMILES string of the molecule is Cc1oc(-c2ccco2)nc1CC(=O)N1CC(c2ccccn2)C1. The summed E-state index contributed by atoms with van der Waals surface area (Å²) in [5, 5.41) is 0. The van der Waals surface area contributed by atoms with E-state index in [0.29, 0.717) is 42.1 Å². The lowest BCUT2D eigenvalue weighted by atomic mass is 9.95. The van der Waals surface area contributed by atoms with Gasteiger partial charge >= 0.3 is 0 Å². The first-order chi connectivity index (χ1) is 11.7. The van der Waals surface area contributed by atoms with E-state index in [1.807, 2.05) is 30.0 Å². The zero-order valence-electron chi connectivity index (χ0n) is 13.3. The first kappa shape index (κ1) is 14.7. The summed E-state index contributed by atoms with van der Waals surface area (Å²) in [6.45, 7) is 3.23. The zero-order valence-corrected chi connectivity index (χ0v) is 13.3. The molecule has 6 nitrogen and oxygen atoms in total. The molecule has 0 spiro atoms. The van der Waals surface area contributed by atoms with Crippen LogP contribution >= 0.6 is 0 Å². The number of pyridine rings is 1. The lowest BCUT2D eigenvalue weighted by Crippen LogP contribution is -2.49. The zero-order chi connectivity index (χ0) is 16.5. The molecular weight excluding hydrogens is 306 g/mol. The summed E-state index contributed by atoms with van der Waals surface area (Å²) in [6.07, 6.45) is 3.59. The van der Waals surface area contributed by atoms with Crippen molar-refractivity contribution in [2.45, 2.75) is 19.3 Å². The Hall–Kier alpha value is -2.89. The van der Waals surface area contributed by atoms with E-state index in [4.69, 9.17) is 8.83 Å². The van der Waals surface area contributed by atoms with Crippen LogP contribution in [-0.4, -0.2) is 33.9 Å². The normalized spacial score (nSPS) is 14.6. The Morgan fingerprint density at radius 2 is 2.17 bits per heavy atom. The van der Waals surface area contributed by atoms with Gasteiger partial charge in [-0.2, -0.15) is 0 Å². The molecule has 0 N–H and O–H groups in total. The highest BCUT2D eigenvalue weighted by atomic mass is 16.4. The number of oxazole rings is 1. The number of hydrogen-bond acceptors (Lipinski definition) is 5. The first-order valence-electron chi connectivity index (χ1n) is 7.89. The van der Waals surface area contributed by atoms with Crippen LogP contribution in [0.15, 0.2) is 51.6 Å². The van der Waals surface area contributed by atoms with E-state index >= 15 is 0 Å². The molecule has 1 amide bonds. The predicted molar refractivity (Wildman–Crippen MR) is 86.2 cm³/mol. The van der Waals surface area contributed by atoms with Crippen molar-refractivity contribution in [2.75, 3.05) is 13.1 Å². The van der Waals surface area contributed by atoms with Gasteiger partial charge in [-0.15, -0.1) is 0 Å². The topological polar surface area (TPSA) is 72.4 Å². The Bertz CT molecular complexity index is 834. The van der Waals surface area contributed by atoms with Gasteiger partial charge in [0.25, 0.3) is 5.89 Å². The Kier molecular flexibility index (Phi) is 3.65. The van der Waals surface area contributed by atoms with Crippen molar-refractivity contribution in [3.63, 3.8) is 0 Å². The van der Waals surface area contributed by atoms with Gasteiger partial charge in [0.15, 0.2) is 5.76 Å². The minimum absolute atomic E-state index is 0.0598. The maximum atomic E-state index is 12.4. The second-order valence-electron chi connectivity index (χ2n) is 5.93. The average molecular weight is 323 g/mol. The fourth-order valence-electron chi connectivity index (χ4n) is 2.84. The average Bonchev–Trinajstić information content (AvgIpc) is 3.17. The van der Waals surface area contributed by atoms with Crippen LogP contribution in [0.5, 0.6) is 0 Å². The van der Waals surface area contributed by atoms with Gasteiger partial charge in [0.1, 0.15) is 5.76 Å². The van der Waals surface area contributed by atoms with Gasteiger partial charge in [-0.25, -0.2) is 4.98 Å². The van der Waals surface area contributed by atoms with Crippen LogP contribution in [0.1, 0.15) is 23.1 Å². The van der Waals surface area contributed by atoms with Crippen LogP contribution in [0.25, 0.3) is 11.7 Å². The summed E-state index contributed by atoms with van der Waals surface area (Å²) in [7, 11) is 0. The number of furan rings is 1. The predicted octanol–water partition coefficient (Wildman–Crippen LogP) is 2.81. The third-order valence-electron chi connectivity index (χ3n) is 4.28. The van der Waals surface area contributed by atoms with E-state index in [1.54, 1.807) is 24.6 Å². The van der Waals surface area contributed by atoms with E-state index in [-0.39, 0.29) is 12.3 Å². The number of aryl methyl sites for hydroxylation is 1. The lowest BCUT2D eigenvalue weighted by molar-refractivity contribution is -0.135. The van der Waals surface area contributed by atoms with Crippen LogP contribution in [-0.2, 0) is 11.2 Å². The first-order valence-corrected chi connectivity index (χ1v) is 7.89. The van der Waals surface area contributed by atoms with Gasteiger partial charge in [0.2, 0.25) is 5.91 Å². The quantitative estimate of drug-likeness (QED) is 0.738. The maximum Gasteiger partial charge on any atom is 0.263 e. The van der Waals surface area contributed by atoms with Crippen LogP contribution in [0, 0.1) is 6.92 Å². The van der Waals surface area contributed by atoms with E-state index in [2.05, 4.69) is 9.97 Å². The van der Waals surface area contributed by atoms with Crippen molar-refractivity contribution >= 4 is 5.91 Å². The summed E-state index contributed by atoms with van der Waals surface area (Å²) >= 11 is 0. The van der Waals surface area contributed by atoms with Crippen molar-refractivity contribution in [2.24, 2.45) is 0 Å². The number of likely N-dealkylation sites (tertiary alicyclic amines) is 1. The number of amides is 1. The standard InChI is InChI=1S/C18H17N3O3/c1-12-15(20-18(24-12)16-6-4-8-23-16)9-17(22)21-10-13(11-21)14-5-2-3-7-19-14/h2-8,13H,9-11H2,1H3. The van der Waals surface area contributed by atoms with Crippen molar-refractivity contribution < 1.29 is 13.6 Å². The molecular formula is C18H17N3O3. The molecule has 1 aliphatic heterocycles. The maximum absolute atomic E-state index is 12.4. The van der Waals surface area contributed by atoms with E-state index in [1.165, 1.54) is 0 Å². The van der Waals surface area contributed by atoms with E-state index in [9.17, 15) is 4.79 Å². The fraction of sp³-hybridized carbons (Fsp3) is 0.278. The van der Waals surface area contributed by atoms with Crippen LogP contribution in [0.2, 0.25) is 0 Å². The van der Waals surface area contributed by atoms with Crippen molar-refractivity contribution in [1.29, 1.82) is 0 Å². The van der Waals surface area contributed by atoms with E-state index < -0.39 is 0 Å². The summed E-state index contributed by atoms with van der Waals surface area (Å²) in [5.41, 5.74) is 1.70. The Labute approximate surface area is 139 Å². The highest BCUT2D eigenvalue weighted by Gasteiger charge is 2.33. The van der Waals surface area contributed by atoms with Crippen LogP contribution in [0.4, 0.5) is 0 Å². The van der Waals surface area contributed by atoms with Crippen molar-refractivity contribution in [1.82, 2.24) is 14.9 Å². The molecule has 0 atom stereocenters. The number of nitrogens with zero attached hydrogens (tertiary/aromatic N) is 3. The van der Waals surface area contributed by atoms with Gasteiger partial charge < -0.3 is 13.7 Å². The molecule has 0 bridgehead atoms. The smallest absolute Gasteiger partial charge is 0.263 e. The van der Waals surface area contributed by atoms with Crippen molar-refractivity contribution in [3.8, 4) is 11.7 Å². The molecule has 1 saturated heterocycles. The highest BCUT2D eigenvalue weighted by Crippen LogP contribution is 2.27. The second kappa shape index (κ2) is 5.96. The molecule has 6 heteroatoms. The Balaban J connectivity index is 1.39. The minimum Gasteiger partial charge on any atom is -0.459 e. The third-order valence-corrected chi connectivity index (χ3v) is 4.28. The molecule has 0 unspecified atom stereocenters. The second-order valence-corrected chi connectivity index (χ2v) is 5.93. The molecule has 3 aromatic rings. The monoisotopic (exact) mass is 323 g/mol. The molecule has 1 fully saturated rings. The molecule has 122 valence electrons. The van der Waals surface area contributed by atoms with E-state index in [0.717, 1.165) is 5.69 Å². The number of aromatic nitrogens is 2.